The number of rotatable bonds is 6. The van der Waals surface area contributed by atoms with Crippen LogP contribution in [-0.4, -0.2) is 26.3 Å². The highest BCUT2D eigenvalue weighted by atomic mass is 16.4. The number of nitrogens with zero attached hydrogens (tertiary/aromatic N) is 2. The first-order valence-corrected chi connectivity index (χ1v) is 9.76. The van der Waals surface area contributed by atoms with E-state index in [4.69, 9.17) is 5.11 Å². The van der Waals surface area contributed by atoms with Crippen molar-refractivity contribution in [2.45, 2.75) is 13.3 Å². The highest BCUT2D eigenvalue weighted by molar-refractivity contribution is 6.05. The number of carboxylic acids is 1. The second-order valence-corrected chi connectivity index (χ2v) is 6.86. The minimum absolute atomic E-state index is 0.745. The molecule has 4 aromatic rings. The van der Waals surface area contributed by atoms with Gasteiger partial charge in [-0.05, 0) is 52.0 Å². The molecule has 5 heteroatoms. The number of benzene rings is 2. The normalized spacial score (nSPS) is 12.3. The van der Waals surface area contributed by atoms with Gasteiger partial charge < -0.3 is 5.11 Å². The number of H-pyrrole nitrogens is 1. The van der Waals surface area contributed by atoms with E-state index in [9.17, 15) is 4.79 Å². The van der Waals surface area contributed by atoms with E-state index in [1.165, 1.54) is 11.1 Å². The van der Waals surface area contributed by atoms with Gasteiger partial charge in [0.25, 0.3) is 0 Å². The molecule has 0 spiro atoms. The lowest BCUT2D eigenvalue weighted by atomic mass is 9.87. The number of aromatic nitrogens is 3. The Morgan fingerprint density at radius 1 is 1.03 bits per heavy atom. The molecule has 0 radical (unpaired) electrons. The van der Waals surface area contributed by atoms with Gasteiger partial charge in [-0.15, -0.1) is 0 Å². The fourth-order valence-electron chi connectivity index (χ4n) is 3.65. The molecule has 0 aliphatic carbocycles. The topological polar surface area (TPSA) is 78.9 Å². The highest BCUT2D eigenvalue weighted by Gasteiger charge is 2.16. The van der Waals surface area contributed by atoms with Crippen LogP contribution in [0.3, 0.4) is 0 Å². The molecule has 0 saturated carbocycles. The number of aliphatic carboxylic acids is 1. The summed E-state index contributed by atoms with van der Waals surface area (Å²) in [6.45, 7) is 2.15. The van der Waals surface area contributed by atoms with Crippen molar-refractivity contribution in [1.29, 1.82) is 0 Å². The highest BCUT2D eigenvalue weighted by Crippen LogP contribution is 2.36. The van der Waals surface area contributed by atoms with Crippen LogP contribution in [-0.2, 0) is 4.79 Å². The van der Waals surface area contributed by atoms with Gasteiger partial charge in [-0.25, -0.2) is 9.78 Å². The molecule has 0 saturated heterocycles. The van der Waals surface area contributed by atoms with Crippen molar-refractivity contribution in [3.05, 3.63) is 101 Å². The molecule has 0 amide bonds. The van der Waals surface area contributed by atoms with E-state index in [0.29, 0.717) is 0 Å². The average molecular weight is 395 g/mol. The molecular weight excluding hydrogens is 374 g/mol. The lowest BCUT2D eigenvalue weighted by molar-refractivity contribution is -0.131. The maximum Gasteiger partial charge on any atom is 0.328 e. The van der Waals surface area contributed by atoms with Crippen LogP contribution in [0, 0.1) is 0 Å². The van der Waals surface area contributed by atoms with Crippen molar-refractivity contribution in [3.63, 3.8) is 0 Å². The molecule has 0 aliphatic rings. The Balaban J connectivity index is 1.94. The molecule has 148 valence electrons. The summed E-state index contributed by atoms with van der Waals surface area (Å²) < 4.78 is 0. The fraction of sp³-hybridized carbons (Fsp3) is 0.0800. The molecule has 0 fully saturated rings. The van der Waals surface area contributed by atoms with Gasteiger partial charge in [0.15, 0.2) is 5.65 Å². The lowest BCUT2D eigenvalue weighted by Crippen LogP contribution is -1.96. The zero-order valence-electron chi connectivity index (χ0n) is 16.5. The quantitative estimate of drug-likeness (QED) is 0.337. The summed E-state index contributed by atoms with van der Waals surface area (Å²) in [4.78, 5) is 15.2. The third-order valence-electron chi connectivity index (χ3n) is 5.02. The van der Waals surface area contributed by atoms with Crippen molar-refractivity contribution in [2.24, 2.45) is 0 Å². The number of carboxylic acid groups (broad SMARTS) is 1. The monoisotopic (exact) mass is 395 g/mol. The molecule has 2 heterocycles. The number of hydrogen-bond acceptors (Lipinski definition) is 3. The number of pyridine rings is 1. The van der Waals surface area contributed by atoms with Crippen LogP contribution in [0.4, 0.5) is 0 Å². The predicted molar refractivity (Wildman–Crippen MR) is 120 cm³/mol. The summed E-state index contributed by atoms with van der Waals surface area (Å²) in [5, 5.41) is 17.0. The van der Waals surface area contributed by atoms with Gasteiger partial charge in [-0.1, -0.05) is 61.5 Å². The largest absolute Gasteiger partial charge is 0.478 e. The molecule has 2 aromatic carbocycles. The van der Waals surface area contributed by atoms with E-state index in [-0.39, 0.29) is 0 Å². The average Bonchev–Trinajstić information content (AvgIpc) is 3.26. The minimum atomic E-state index is -0.962. The number of aromatic amines is 1. The lowest BCUT2D eigenvalue weighted by Gasteiger charge is -2.17. The molecule has 0 unspecified atom stereocenters. The minimum Gasteiger partial charge on any atom is -0.478 e. The van der Waals surface area contributed by atoms with E-state index >= 15 is 0 Å². The molecule has 0 aliphatic heterocycles. The standard InChI is InChI=1S/C25H21N3O2/c1-2-20(18-6-4-3-5-7-18)24(21-14-15-26-25-22(21)16-27-28-25)19-11-8-17(9-12-19)10-13-23(29)30/h3-16H,2H2,1H3,(H,29,30)(H,26,27,28)/b13-10+,24-20+. The molecule has 30 heavy (non-hydrogen) atoms. The van der Waals surface area contributed by atoms with Crippen LogP contribution < -0.4 is 0 Å². The first kappa shape index (κ1) is 19.3. The summed E-state index contributed by atoms with van der Waals surface area (Å²) in [5.74, 6) is -0.962. The van der Waals surface area contributed by atoms with Crippen molar-refractivity contribution in [2.75, 3.05) is 0 Å². The Hall–Kier alpha value is -3.99. The molecule has 4 rings (SSSR count). The third-order valence-corrected chi connectivity index (χ3v) is 5.02. The van der Waals surface area contributed by atoms with E-state index in [1.807, 2.05) is 48.5 Å². The van der Waals surface area contributed by atoms with Gasteiger partial charge in [0, 0.05) is 17.7 Å². The van der Waals surface area contributed by atoms with E-state index in [1.54, 1.807) is 18.5 Å². The van der Waals surface area contributed by atoms with Crippen LogP contribution in [0.5, 0.6) is 0 Å². The number of allylic oxidation sites excluding steroid dienone is 1. The molecular formula is C25H21N3O2. The molecule has 5 nitrogen and oxygen atoms in total. The fourth-order valence-corrected chi connectivity index (χ4v) is 3.65. The third kappa shape index (κ3) is 3.91. The molecule has 2 aromatic heterocycles. The smallest absolute Gasteiger partial charge is 0.328 e. The van der Waals surface area contributed by atoms with Gasteiger partial charge in [0.1, 0.15) is 0 Å². The maximum atomic E-state index is 10.8. The zero-order chi connectivity index (χ0) is 20.9. The Labute approximate surface area is 174 Å². The Morgan fingerprint density at radius 2 is 1.80 bits per heavy atom. The zero-order valence-corrected chi connectivity index (χ0v) is 16.5. The summed E-state index contributed by atoms with van der Waals surface area (Å²) in [6, 6.07) is 20.3. The number of fused-ring (bicyclic) bond motifs is 1. The first-order chi connectivity index (χ1) is 14.7. The number of hydrogen-bond donors (Lipinski definition) is 2. The van der Waals surface area contributed by atoms with Crippen molar-refractivity contribution >= 4 is 34.2 Å². The van der Waals surface area contributed by atoms with Gasteiger partial charge in [0.2, 0.25) is 0 Å². The number of carbonyl (C=O) groups is 1. The summed E-state index contributed by atoms with van der Waals surface area (Å²) in [7, 11) is 0. The van der Waals surface area contributed by atoms with Gasteiger partial charge in [-0.2, -0.15) is 5.10 Å². The Morgan fingerprint density at radius 3 is 2.50 bits per heavy atom. The van der Waals surface area contributed by atoms with Crippen LogP contribution in [0.1, 0.15) is 35.6 Å². The van der Waals surface area contributed by atoms with Crippen LogP contribution in [0.25, 0.3) is 28.3 Å². The van der Waals surface area contributed by atoms with Gasteiger partial charge >= 0.3 is 5.97 Å². The van der Waals surface area contributed by atoms with E-state index in [0.717, 1.165) is 45.8 Å². The number of nitrogens with one attached hydrogen (secondary N) is 1. The van der Waals surface area contributed by atoms with E-state index < -0.39 is 5.97 Å². The second kappa shape index (κ2) is 8.57. The van der Waals surface area contributed by atoms with Crippen LogP contribution in [0.15, 0.2) is 79.1 Å². The summed E-state index contributed by atoms with van der Waals surface area (Å²) in [5.41, 5.74) is 7.19. The SMILES string of the molecule is CC/C(=C(/c1ccc(/C=C/C(=O)O)cc1)c1ccnc2[nH]ncc12)c1ccccc1. The predicted octanol–water partition coefficient (Wildman–Crippen LogP) is 5.42. The first-order valence-electron chi connectivity index (χ1n) is 9.76. The maximum absolute atomic E-state index is 10.8. The molecule has 2 N–H and O–H groups in total. The summed E-state index contributed by atoms with van der Waals surface area (Å²) >= 11 is 0. The second-order valence-electron chi connectivity index (χ2n) is 6.86. The van der Waals surface area contributed by atoms with Crippen molar-refractivity contribution < 1.29 is 9.90 Å². The van der Waals surface area contributed by atoms with Crippen LogP contribution >= 0.6 is 0 Å². The van der Waals surface area contributed by atoms with E-state index in [2.05, 4.69) is 34.2 Å². The van der Waals surface area contributed by atoms with Gasteiger partial charge in [-0.3, -0.25) is 5.10 Å². The molecule has 0 bridgehead atoms. The Kier molecular flexibility index (Phi) is 5.52. The van der Waals surface area contributed by atoms with Crippen LogP contribution in [0.2, 0.25) is 0 Å². The molecule has 0 atom stereocenters. The van der Waals surface area contributed by atoms with Crippen molar-refractivity contribution in [3.8, 4) is 0 Å². The van der Waals surface area contributed by atoms with Crippen molar-refractivity contribution in [1.82, 2.24) is 15.2 Å². The Bertz CT molecular complexity index is 1240. The summed E-state index contributed by atoms with van der Waals surface area (Å²) in [6.07, 6.45) is 7.18. The van der Waals surface area contributed by atoms with Gasteiger partial charge in [0.05, 0.1) is 6.20 Å².